The van der Waals surface area contributed by atoms with Crippen LogP contribution < -0.4 is 14.8 Å². The van der Waals surface area contributed by atoms with Crippen LogP contribution in [0.3, 0.4) is 0 Å². The normalized spacial score (nSPS) is 16.2. The number of anilines is 2. The molecule has 2 aromatic heterocycles. The molecule has 1 atom stereocenters. The van der Waals surface area contributed by atoms with Gasteiger partial charge in [-0.15, -0.1) is 4.98 Å². The summed E-state index contributed by atoms with van der Waals surface area (Å²) in [5.74, 6) is 2.83. The second-order valence-corrected chi connectivity index (χ2v) is 7.96. The van der Waals surface area contributed by atoms with Crippen LogP contribution in [0, 0.1) is 6.57 Å². The molecule has 32 heavy (non-hydrogen) atoms. The number of methoxy groups -OCH3 is 1. The van der Waals surface area contributed by atoms with E-state index >= 15 is 0 Å². The van der Waals surface area contributed by atoms with E-state index in [1.54, 1.807) is 7.11 Å². The van der Waals surface area contributed by atoms with Gasteiger partial charge in [0.2, 0.25) is 0 Å². The van der Waals surface area contributed by atoms with Gasteiger partial charge in [-0.05, 0) is 45.4 Å². The van der Waals surface area contributed by atoms with Crippen LogP contribution in [-0.2, 0) is 0 Å². The zero-order chi connectivity index (χ0) is 22.5. The number of nitrogens with one attached hydrogen (secondary N) is 2. The fourth-order valence-corrected chi connectivity index (χ4v) is 3.99. The second kappa shape index (κ2) is 9.66. The van der Waals surface area contributed by atoms with Gasteiger partial charge >= 0.3 is 0 Å². The van der Waals surface area contributed by atoms with Gasteiger partial charge < -0.3 is 19.6 Å². The first-order valence-electron chi connectivity index (χ1n) is 10.7. The van der Waals surface area contributed by atoms with Crippen LogP contribution in [0.25, 0.3) is 16.1 Å². The Bertz CT molecular complexity index is 1090. The monoisotopic (exact) mass is 433 g/mol. The van der Waals surface area contributed by atoms with Crippen molar-refractivity contribution in [2.24, 2.45) is 0 Å². The third kappa shape index (κ3) is 4.81. The highest BCUT2D eigenvalue weighted by Crippen LogP contribution is 2.34. The van der Waals surface area contributed by atoms with Gasteiger partial charge in [-0.3, -0.25) is 10.00 Å². The molecule has 0 spiro atoms. The van der Waals surface area contributed by atoms with Gasteiger partial charge in [-0.25, -0.2) is 4.98 Å². The zero-order valence-electron chi connectivity index (χ0n) is 18.5. The van der Waals surface area contributed by atoms with Crippen molar-refractivity contribution in [2.75, 3.05) is 25.6 Å². The molecule has 9 heteroatoms. The minimum Gasteiger partial charge on any atom is -0.496 e. The first kappa shape index (κ1) is 21.6. The van der Waals surface area contributed by atoms with Crippen molar-refractivity contribution < 1.29 is 9.47 Å². The summed E-state index contributed by atoms with van der Waals surface area (Å²) in [4.78, 5) is 13.9. The van der Waals surface area contributed by atoms with Gasteiger partial charge in [0.15, 0.2) is 17.8 Å². The Kier molecular flexibility index (Phi) is 6.52. The van der Waals surface area contributed by atoms with Gasteiger partial charge in [-0.1, -0.05) is 6.57 Å². The molecule has 1 aromatic carbocycles. The largest absolute Gasteiger partial charge is 0.496 e. The molecule has 2 N–H and O–H groups in total. The summed E-state index contributed by atoms with van der Waals surface area (Å²) in [6.45, 7) is 13.2. The highest BCUT2D eigenvalue weighted by Gasteiger charge is 2.27. The Morgan fingerprint density at radius 3 is 2.84 bits per heavy atom. The molecule has 4 rings (SSSR count). The molecule has 1 fully saturated rings. The zero-order valence-corrected chi connectivity index (χ0v) is 18.5. The predicted octanol–water partition coefficient (Wildman–Crippen LogP) is 4.42. The maximum Gasteiger partial charge on any atom is 0.288 e. The summed E-state index contributed by atoms with van der Waals surface area (Å²) in [6.07, 6.45) is 5.30. The predicted molar refractivity (Wildman–Crippen MR) is 123 cm³/mol. The van der Waals surface area contributed by atoms with Crippen LogP contribution in [0.1, 0.15) is 26.7 Å². The Balaban J connectivity index is 1.44. The second-order valence-electron chi connectivity index (χ2n) is 7.96. The highest BCUT2D eigenvalue weighted by molar-refractivity contribution is 5.71. The van der Waals surface area contributed by atoms with Crippen LogP contribution in [0.4, 0.5) is 17.5 Å². The van der Waals surface area contributed by atoms with E-state index in [-0.39, 0.29) is 5.82 Å². The molecule has 1 aliphatic heterocycles. The van der Waals surface area contributed by atoms with Gasteiger partial charge in [0.05, 0.1) is 19.0 Å². The molecule has 0 aliphatic carbocycles. The number of benzene rings is 1. The summed E-state index contributed by atoms with van der Waals surface area (Å²) in [6, 6.07) is 8.67. The smallest absolute Gasteiger partial charge is 0.288 e. The van der Waals surface area contributed by atoms with E-state index in [4.69, 9.17) is 16.0 Å². The fourth-order valence-electron chi connectivity index (χ4n) is 3.99. The Labute approximate surface area is 187 Å². The fraction of sp³-hybridized carbons (Fsp3) is 0.391. The van der Waals surface area contributed by atoms with Crippen LogP contribution in [0.15, 0.2) is 36.7 Å². The minimum atomic E-state index is 0.246. The summed E-state index contributed by atoms with van der Waals surface area (Å²) in [5.41, 5.74) is 1.67. The van der Waals surface area contributed by atoms with Crippen molar-refractivity contribution >= 4 is 17.5 Å². The Morgan fingerprint density at radius 2 is 2.12 bits per heavy atom. The third-order valence-electron chi connectivity index (χ3n) is 5.58. The number of likely N-dealkylation sites (tertiary alicyclic amines) is 1. The van der Waals surface area contributed by atoms with Crippen LogP contribution in [-0.4, -0.2) is 57.4 Å². The number of hydrogen-bond donors (Lipinski definition) is 2. The summed E-state index contributed by atoms with van der Waals surface area (Å²) in [7, 11) is 1.64. The van der Waals surface area contributed by atoms with Crippen LogP contribution >= 0.6 is 0 Å². The number of aromatic amines is 1. The lowest BCUT2D eigenvalue weighted by molar-refractivity contribution is 0.144. The molecule has 1 saturated heterocycles. The maximum atomic E-state index is 6.94. The molecule has 0 radical (unpaired) electrons. The molecular formula is C23H27N7O2. The summed E-state index contributed by atoms with van der Waals surface area (Å²) in [5, 5.41) is 10.4. The molecule has 166 valence electrons. The van der Waals surface area contributed by atoms with Crippen molar-refractivity contribution in [3.05, 3.63) is 48.1 Å². The van der Waals surface area contributed by atoms with E-state index < -0.39 is 0 Å². The van der Waals surface area contributed by atoms with Crippen molar-refractivity contribution in [3.63, 3.8) is 0 Å². The molecular weight excluding hydrogens is 406 g/mol. The van der Waals surface area contributed by atoms with Crippen molar-refractivity contribution in [1.82, 2.24) is 25.1 Å². The lowest BCUT2D eigenvalue weighted by Crippen LogP contribution is -2.39. The Morgan fingerprint density at radius 1 is 1.25 bits per heavy atom. The number of nitrogens with zero attached hydrogens (tertiary/aromatic N) is 5. The molecule has 0 saturated carbocycles. The van der Waals surface area contributed by atoms with E-state index in [0.717, 1.165) is 23.6 Å². The molecule has 9 nitrogen and oxygen atoms in total. The quantitative estimate of drug-likeness (QED) is 0.508. The van der Waals surface area contributed by atoms with Gasteiger partial charge in [0.1, 0.15) is 18.1 Å². The average molecular weight is 434 g/mol. The number of aromatic nitrogens is 4. The van der Waals surface area contributed by atoms with Crippen molar-refractivity contribution in [3.8, 4) is 22.8 Å². The third-order valence-corrected chi connectivity index (χ3v) is 5.58. The first-order chi connectivity index (χ1) is 15.6. The van der Waals surface area contributed by atoms with E-state index in [0.29, 0.717) is 36.1 Å². The standard InChI is InChI=1S/C23H27N7O2/c1-15(2)30-9-5-6-16(30)14-32-17-7-8-18(20(10-17)31-4)19-11-21(29-28-19)27-23-13-25-22(24-3)12-26-23/h7-8,10-13,15-16H,5-6,9,14H2,1-2,4H3,(H2,26,27,28,29)/t16-/m1/s1. The molecule has 3 heterocycles. The first-order valence-corrected chi connectivity index (χ1v) is 10.7. The van der Waals surface area contributed by atoms with Crippen LogP contribution in [0.2, 0.25) is 0 Å². The molecule has 1 aliphatic rings. The molecule has 3 aromatic rings. The minimum absolute atomic E-state index is 0.246. The van der Waals surface area contributed by atoms with E-state index in [1.807, 2.05) is 24.3 Å². The van der Waals surface area contributed by atoms with Gasteiger partial charge in [0.25, 0.3) is 5.82 Å². The van der Waals surface area contributed by atoms with Gasteiger partial charge in [-0.2, -0.15) is 5.10 Å². The summed E-state index contributed by atoms with van der Waals surface area (Å²) >= 11 is 0. The number of hydrogen-bond acceptors (Lipinski definition) is 7. The summed E-state index contributed by atoms with van der Waals surface area (Å²) < 4.78 is 11.7. The van der Waals surface area contributed by atoms with E-state index in [9.17, 15) is 0 Å². The number of ether oxygens (including phenoxy) is 2. The highest BCUT2D eigenvalue weighted by atomic mass is 16.5. The number of rotatable bonds is 8. The lowest BCUT2D eigenvalue weighted by Gasteiger charge is -2.28. The van der Waals surface area contributed by atoms with Crippen molar-refractivity contribution in [1.29, 1.82) is 0 Å². The molecule has 0 bridgehead atoms. The van der Waals surface area contributed by atoms with Crippen molar-refractivity contribution in [2.45, 2.75) is 38.8 Å². The average Bonchev–Trinajstić information content (AvgIpc) is 3.47. The van der Waals surface area contributed by atoms with E-state index in [2.05, 4.69) is 49.1 Å². The van der Waals surface area contributed by atoms with E-state index in [1.165, 1.54) is 25.2 Å². The lowest BCUT2D eigenvalue weighted by atomic mass is 10.1. The Hall–Kier alpha value is -3.64. The molecule has 0 amide bonds. The number of H-pyrrole nitrogens is 1. The topological polar surface area (TPSA) is 92.6 Å². The van der Waals surface area contributed by atoms with Gasteiger partial charge in [0, 0.05) is 29.8 Å². The van der Waals surface area contributed by atoms with Crippen LogP contribution in [0.5, 0.6) is 11.5 Å². The SMILES string of the molecule is [C-]#[N+]c1cnc(Nc2cc(-c3ccc(OC[C@H]4CCCN4C(C)C)cc3OC)[nH]n2)cn1. The maximum absolute atomic E-state index is 6.94. The molecule has 0 unspecified atom stereocenters.